The lowest BCUT2D eigenvalue weighted by atomic mass is 10.1. The monoisotopic (exact) mass is 253 g/mol. The summed E-state index contributed by atoms with van der Waals surface area (Å²) in [5, 5.41) is 2.69. The Kier molecular flexibility index (Phi) is 3.49. The van der Waals surface area contributed by atoms with Gasteiger partial charge in [0, 0.05) is 5.02 Å². The molecule has 16 heavy (non-hydrogen) atoms. The van der Waals surface area contributed by atoms with Gasteiger partial charge in [0.15, 0.2) is 0 Å². The van der Waals surface area contributed by atoms with Gasteiger partial charge < -0.3 is 10.5 Å². The van der Waals surface area contributed by atoms with Crippen LogP contribution in [0.4, 0.5) is 0 Å². The predicted octanol–water partition coefficient (Wildman–Crippen LogP) is 3.46. The lowest BCUT2D eigenvalue weighted by molar-refractivity contribution is 0.411. The molecule has 1 aromatic heterocycles. The molecule has 1 atom stereocenters. The Morgan fingerprint density at radius 3 is 2.56 bits per heavy atom. The average molecular weight is 254 g/mol. The Morgan fingerprint density at radius 1 is 1.25 bits per heavy atom. The molecule has 1 unspecified atom stereocenters. The number of hydrogen-bond donors (Lipinski definition) is 1. The molecule has 0 saturated heterocycles. The molecule has 0 bridgehead atoms. The van der Waals surface area contributed by atoms with E-state index in [-0.39, 0.29) is 6.04 Å². The largest absolute Gasteiger partial charge is 0.496 e. The molecule has 0 saturated carbocycles. The highest BCUT2D eigenvalue weighted by atomic mass is 35.5. The van der Waals surface area contributed by atoms with E-state index in [9.17, 15) is 0 Å². The van der Waals surface area contributed by atoms with Crippen LogP contribution >= 0.6 is 22.9 Å². The Morgan fingerprint density at radius 2 is 1.94 bits per heavy atom. The molecule has 2 rings (SSSR count). The number of hydrogen-bond acceptors (Lipinski definition) is 3. The topological polar surface area (TPSA) is 35.2 Å². The maximum absolute atomic E-state index is 6.17. The number of rotatable bonds is 3. The van der Waals surface area contributed by atoms with Gasteiger partial charge in [-0.3, -0.25) is 0 Å². The van der Waals surface area contributed by atoms with E-state index in [1.807, 2.05) is 35.7 Å². The van der Waals surface area contributed by atoms with Gasteiger partial charge in [-0.25, -0.2) is 0 Å². The van der Waals surface area contributed by atoms with Crippen LogP contribution in [-0.2, 0) is 0 Å². The molecule has 0 aliphatic carbocycles. The third-order valence-electron chi connectivity index (χ3n) is 2.39. The summed E-state index contributed by atoms with van der Waals surface area (Å²) in [4.78, 5) is 1.03. The van der Waals surface area contributed by atoms with Crippen LogP contribution < -0.4 is 10.5 Å². The smallest absolute Gasteiger partial charge is 0.134 e. The van der Waals surface area contributed by atoms with Crippen molar-refractivity contribution in [3.05, 3.63) is 51.2 Å². The van der Waals surface area contributed by atoms with Crippen LogP contribution in [0.15, 0.2) is 35.7 Å². The summed E-state index contributed by atoms with van der Waals surface area (Å²) in [6.07, 6.45) is 0. The first kappa shape index (κ1) is 11.5. The Balaban J connectivity index is 2.31. The highest BCUT2D eigenvalue weighted by Crippen LogP contribution is 2.33. The third kappa shape index (κ3) is 2.21. The van der Waals surface area contributed by atoms with E-state index in [0.717, 1.165) is 16.2 Å². The van der Waals surface area contributed by atoms with Crippen molar-refractivity contribution in [2.45, 2.75) is 6.04 Å². The van der Waals surface area contributed by atoms with Gasteiger partial charge in [-0.15, -0.1) is 11.3 Å². The highest BCUT2D eigenvalue weighted by molar-refractivity contribution is 7.10. The van der Waals surface area contributed by atoms with Crippen molar-refractivity contribution in [2.24, 2.45) is 5.73 Å². The Bertz CT molecular complexity index is 466. The second-order valence-corrected chi connectivity index (χ2v) is 4.77. The number of halogens is 1. The summed E-state index contributed by atoms with van der Waals surface area (Å²) in [5.41, 5.74) is 7.21. The van der Waals surface area contributed by atoms with Gasteiger partial charge in [-0.1, -0.05) is 23.7 Å². The van der Waals surface area contributed by atoms with E-state index in [4.69, 9.17) is 22.1 Å². The van der Waals surface area contributed by atoms with Gasteiger partial charge in [0.2, 0.25) is 0 Å². The third-order valence-corrected chi connectivity index (χ3v) is 3.62. The van der Waals surface area contributed by atoms with Crippen molar-refractivity contribution in [2.75, 3.05) is 7.11 Å². The molecule has 84 valence electrons. The van der Waals surface area contributed by atoms with E-state index >= 15 is 0 Å². The van der Waals surface area contributed by atoms with Crippen LogP contribution in [0.25, 0.3) is 0 Å². The minimum atomic E-state index is -0.160. The minimum Gasteiger partial charge on any atom is -0.496 e. The van der Waals surface area contributed by atoms with Crippen molar-refractivity contribution in [3.8, 4) is 5.75 Å². The van der Waals surface area contributed by atoms with Gasteiger partial charge >= 0.3 is 0 Å². The molecule has 0 fully saturated rings. The molecule has 0 radical (unpaired) electrons. The van der Waals surface area contributed by atoms with Crippen molar-refractivity contribution in [1.29, 1.82) is 0 Å². The summed E-state index contributed by atoms with van der Waals surface area (Å²) < 4.78 is 5.26. The number of nitrogens with two attached hydrogens (primary N) is 1. The first-order valence-electron chi connectivity index (χ1n) is 4.85. The fraction of sp³-hybridized carbons (Fsp3) is 0.167. The van der Waals surface area contributed by atoms with Gasteiger partial charge in [0.1, 0.15) is 5.75 Å². The zero-order chi connectivity index (χ0) is 11.5. The van der Waals surface area contributed by atoms with Gasteiger partial charge in [-0.2, -0.15) is 0 Å². The van der Waals surface area contributed by atoms with E-state index in [2.05, 4.69) is 0 Å². The second kappa shape index (κ2) is 4.87. The molecule has 0 aliphatic rings. The summed E-state index contributed by atoms with van der Waals surface area (Å²) >= 11 is 7.44. The second-order valence-electron chi connectivity index (χ2n) is 3.38. The van der Waals surface area contributed by atoms with Gasteiger partial charge in [-0.05, 0) is 29.1 Å². The Hall–Kier alpha value is -1.03. The van der Waals surface area contributed by atoms with Gasteiger partial charge in [0.25, 0.3) is 0 Å². The molecule has 1 aromatic carbocycles. The molecule has 2 N–H and O–H groups in total. The normalized spacial score (nSPS) is 12.4. The molecule has 2 nitrogen and oxygen atoms in total. The summed E-state index contributed by atoms with van der Waals surface area (Å²) in [6.45, 7) is 0. The summed E-state index contributed by atoms with van der Waals surface area (Å²) in [5.74, 6) is 0.840. The van der Waals surface area contributed by atoms with E-state index in [1.165, 1.54) is 0 Å². The lowest BCUT2D eigenvalue weighted by Gasteiger charge is -2.12. The zero-order valence-electron chi connectivity index (χ0n) is 8.81. The molecule has 0 spiro atoms. The average Bonchev–Trinajstić information content (AvgIpc) is 2.77. The number of benzene rings is 1. The van der Waals surface area contributed by atoms with Crippen LogP contribution in [0.3, 0.4) is 0 Å². The zero-order valence-corrected chi connectivity index (χ0v) is 10.4. The minimum absolute atomic E-state index is 0.160. The Labute approximate surface area is 104 Å². The summed E-state index contributed by atoms with van der Waals surface area (Å²) in [7, 11) is 1.65. The van der Waals surface area contributed by atoms with Crippen molar-refractivity contribution in [3.63, 3.8) is 0 Å². The molecular weight excluding hydrogens is 242 g/mol. The van der Waals surface area contributed by atoms with Crippen LogP contribution in [0.5, 0.6) is 5.75 Å². The van der Waals surface area contributed by atoms with Crippen LogP contribution in [-0.4, -0.2) is 7.11 Å². The fourth-order valence-corrected chi connectivity index (χ4v) is 2.54. The van der Waals surface area contributed by atoms with E-state index < -0.39 is 0 Å². The first-order chi connectivity index (χ1) is 7.72. The van der Waals surface area contributed by atoms with E-state index in [0.29, 0.717) is 5.02 Å². The maximum atomic E-state index is 6.17. The molecule has 2 aromatic rings. The standard InChI is InChI=1S/C12H12ClNOS/c1-15-10-6-7-16-12(10)11(14)8-2-4-9(13)5-3-8/h2-7,11H,14H2,1H3. The molecule has 1 heterocycles. The number of ether oxygens (including phenoxy) is 1. The van der Waals surface area contributed by atoms with E-state index in [1.54, 1.807) is 18.4 Å². The molecule has 0 aliphatic heterocycles. The maximum Gasteiger partial charge on any atom is 0.134 e. The van der Waals surface area contributed by atoms with Crippen molar-refractivity contribution < 1.29 is 4.74 Å². The molecule has 0 amide bonds. The highest BCUT2D eigenvalue weighted by Gasteiger charge is 2.15. The molecule has 4 heteroatoms. The number of methoxy groups -OCH3 is 1. The van der Waals surface area contributed by atoms with Crippen molar-refractivity contribution >= 4 is 22.9 Å². The quantitative estimate of drug-likeness (QED) is 0.909. The lowest BCUT2D eigenvalue weighted by Crippen LogP contribution is -2.10. The molecular formula is C12H12ClNOS. The van der Waals surface area contributed by atoms with Gasteiger partial charge in [0.05, 0.1) is 18.0 Å². The van der Waals surface area contributed by atoms with Crippen LogP contribution in [0, 0.1) is 0 Å². The SMILES string of the molecule is COc1ccsc1C(N)c1ccc(Cl)cc1. The number of thiophene rings is 1. The van der Waals surface area contributed by atoms with Crippen LogP contribution in [0.1, 0.15) is 16.5 Å². The fourth-order valence-electron chi connectivity index (χ4n) is 1.53. The first-order valence-corrected chi connectivity index (χ1v) is 6.10. The predicted molar refractivity (Wildman–Crippen MR) is 68.4 cm³/mol. The van der Waals surface area contributed by atoms with Crippen LogP contribution in [0.2, 0.25) is 5.02 Å². The summed E-state index contributed by atoms with van der Waals surface area (Å²) in [6, 6.07) is 9.33. The van der Waals surface area contributed by atoms with Crippen molar-refractivity contribution in [1.82, 2.24) is 0 Å².